The van der Waals surface area contributed by atoms with Crippen LogP contribution in [0, 0.1) is 11.8 Å². The van der Waals surface area contributed by atoms with Crippen LogP contribution in [0.4, 0.5) is 0 Å². The summed E-state index contributed by atoms with van der Waals surface area (Å²) in [7, 11) is -3.46. The number of hydrogen-bond donors (Lipinski definition) is 4. The number of benzene rings is 6. The lowest BCUT2D eigenvalue weighted by atomic mass is 9.90. The summed E-state index contributed by atoms with van der Waals surface area (Å²) in [5.74, 6) is -2.11. The lowest BCUT2D eigenvalue weighted by Crippen LogP contribution is -2.48. The molecular weight excluding hydrogens is 1240 g/mol. The van der Waals surface area contributed by atoms with Crippen molar-refractivity contribution in [1.82, 2.24) is 31.4 Å². The van der Waals surface area contributed by atoms with E-state index in [0.717, 1.165) is 60.8 Å². The molecule has 4 atom stereocenters. The van der Waals surface area contributed by atoms with Gasteiger partial charge in [-0.25, -0.2) is 14.7 Å². The van der Waals surface area contributed by atoms with Crippen molar-refractivity contribution in [2.45, 2.75) is 130 Å². The first-order valence-electron chi connectivity index (χ1n) is 32.5. The van der Waals surface area contributed by atoms with Gasteiger partial charge in [-0.2, -0.15) is 0 Å². The third kappa shape index (κ3) is 22.1. The summed E-state index contributed by atoms with van der Waals surface area (Å²) in [5, 5.41) is 13.5. The molecule has 4 N–H and O–H groups in total. The average Bonchev–Trinajstić information content (AvgIpc) is 1.35. The number of amides is 6. The fraction of sp³-hybridized carbons (Fsp3) is 0.324. The Hall–Kier alpha value is -9.95. The maximum atomic E-state index is 14.1. The molecule has 0 aliphatic carbocycles. The minimum Gasteiger partial charge on any atom is -0.489 e. The standard InChI is InChI=1S/C74H85N6O15P/c1-5-9-15-33-63(65(7-3)79(51-81)90-47-55-29-21-13-22-30-55)71(83)75-49-77-73(85)69-37-35-67(92-69)57-39-59(88-45-53-25-17-11-18-26-53)43-61(41-57)94-96(87)95-62-42-58(40-60(44-62)89-46-54-27-19-12-20-28-54)68-36-38-70(93-68)74(86)78-50-76-72(84)64(34-16-10-6-2)66(8-4)80(52-82)91-48-56-31-23-14-24-32-56/h11-14,17-32,35-44,51-52,63-66,96H,5-10,15-16,33-34,45-50H2,1-4H3,(H,75,83)(H,76,84)(H,77,85)(H,78,86)/t63-,64-,65-,66-/m1/s1. The van der Waals surface area contributed by atoms with Crippen LogP contribution in [-0.2, 0) is 59.8 Å². The van der Waals surface area contributed by atoms with Crippen molar-refractivity contribution in [3.05, 3.63) is 216 Å². The number of nitrogens with zero attached hydrogens (tertiary/aromatic N) is 2. The molecule has 2 aromatic heterocycles. The van der Waals surface area contributed by atoms with Gasteiger partial charge in [0.2, 0.25) is 24.6 Å². The Morgan fingerprint density at radius 2 is 0.802 bits per heavy atom. The SMILES string of the molecule is CCCCC[C@@H](C(=O)NCNC(=O)c1ccc(-c2cc(OCc3ccccc3)cc(O[PH](=O)Oc3cc(OCc4ccccc4)cc(-c4ccc(C(=O)NCNC(=O)[C@H](CCCCC)[C@@H](CC)N(C=O)OCc5ccccc5)o4)c3)c2)o1)[C@@H](CC)N(C=O)OCc1ccccc1. The largest absolute Gasteiger partial charge is 0.489 e. The van der Waals surface area contributed by atoms with E-state index in [4.69, 9.17) is 37.0 Å². The molecule has 0 saturated heterocycles. The third-order valence-corrected chi connectivity index (χ3v) is 16.7. The lowest BCUT2D eigenvalue weighted by Gasteiger charge is -2.32. The lowest BCUT2D eigenvalue weighted by molar-refractivity contribution is -0.200. The van der Waals surface area contributed by atoms with E-state index in [-0.39, 0.29) is 86.1 Å². The fourth-order valence-electron chi connectivity index (χ4n) is 10.9. The number of furan rings is 2. The van der Waals surface area contributed by atoms with Crippen molar-refractivity contribution in [2.24, 2.45) is 11.8 Å². The molecule has 0 aliphatic heterocycles. The maximum absolute atomic E-state index is 14.1. The Labute approximate surface area is 561 Å². The van der Waals surface area contributed by atoms with Crippen LogP contribution in [0.1, 0.15) is 135 Å². The minimum atomic E-state index is -3.46. The molecule has 21 nitrogen and oxygen atoms in total. The number of hydroxylamine groups is 4. The Morgan fingerprint density at radius 3 is 1.15 bits per heavy atom. The first-order valence-corrected chi connectivity index (χ1v) is 33.8. The second-order valence-electron chi connectivity index (χ2n) is 22.8. The normalized spacial score (nSPS) is 12.3. The summed E-state index contributed by atoms with van der Waals surface area (Å²) >= 11 is 0. The van der Waals surface area contributed by atoms with Crippen molar-refractivity contribution >= 4 is 44.7 Å². The zero-order chi connectivity index (χ0) is 67.9. The van der Waals surface area contributed by atoms with E-state index in [9.17, 15) is 33.3 Å². The highest BCUT2D eigenvalue weighted by atomic mass is 31.1. The summed E-state index contributed by atoms with van der Waals surface area (Å²) in [6, 6.07) is 52.3. The molecule has 0 fully saturated rings. The van der Waals surface area contributed by atoms with E-state index in [1.54, 1.807) is 48.5 Å². The molecule has 96 heavy (non-hydrogen) atoms. The van der Waals surface area contributed by atoms with Gasteiger partial charge in [0.25, 0.3) is 11.8 Å². The van der Waals surface area contributed by atoms with Gasteiger partial charge in [-0.15, -0.1) is 0 Å². The van der Waals surface area contributed by atoms with Crippen LogP contribution in [-0.4, -0.2) is 72.0 Å². The van der Waals surface area contributed by atoms with Gasteiger partial charge < -0.3 is 48.6 Å². The van der Waals surface area contributed by atoms with E-state index in [1.165, 1.54) is 22.3 Å². The number of hydrogen-bond acceptors (Lipinski definition) is 15. The Balaban J connectivity index is 0.942. The van der Waals surface area contributed by atoms with Gasteiger partial charge in [0.1, 0.15) is 60.9 Å². The van der Waals surface area contributed by atoms with Crippen molar-refractivity contribution in [2.75, 3.05) is 13.3 Å². The molecule has 8 aromatic rings. The predicted molar refractivity (Wildman–Crippen MR) is 363 cm³/mol. The van der Waals surface area contributed by atoms with Crippen LogP contribution in [0.3, 0.4) is 0 Å². The van der Waals surface area contributed by atoms with Gasteiger partial charge in [-0.1, -0.05) is 188 Å². The van der Waals surface area contributed by atoms with Gasteiger partial charge in [0, 0.05) is 23.3 Å². The highest BCUT2D eigenvalue weighted by molar-refractivity contribution is 7.34. The fourth-order valence-corrected chi connectivity index (χ4v) is 11.5. The maximum Gasteiger partial charge on any atom is 0.418 e. The Kier molecular flexibility index (Phi) is 28.8. The Bertz CT molecular complexity index is 3500. The molecule has 0 spiro atoms. The summed E-state index contributed by atoms with van der Waals surface area (Å²) in [6.07, 6.45) is 8.22. The van der Waals surface area contributed by atoms with Gasteiger partial charge >= 0.3 is 8.25 Å². The molecule has 6 amide bonds. The summed E-state index contributed by atoms with van der Waals surface area (Å²) in [4.78, 5) is 91.6. The van der Waals surface area contributed by atoms with Gasteiger partial charge in [0.05, 0.1) is 37.3 Å². The number of unbranched alkanes of at least 4 members (excludes halogenated alkanes) is 4. The van der Waals surface area contributed by atoms with Crippen molar-refractivity contribution in [3.63, 3.8) is 0 Å². The van der Waals surface area contributed by atoms with E-state index < -0.39 is 44.0 Å². The van der Waals surface area contributed by atoms with Crippen LogP contribution in [0.25, 0.3) is 22.6 Å². The summed E-state index contributed by atoms with van der Waals surface area (Å²) < 4.78 is 50.8. The first kappa shape index (κ1) is 71.9. The highest BCUT2D eigenvalue weighted by Gasteiger charge is 2.34. The van der Waals surface area contributed by atoms with E-state index >= 15 is 0 Å². The Morgan fingerprint density at radius 1 is 0.448 bits per heavy atom. The summed E-state index contributed by atoms with van der Waals surface area (Å²) in [6.45, 7) is 8.06. The smallest absolute Gasteiger partial charge is 0.418 e. The minimum absolute atomic E-state index is 0.0714. The summed E-state index contributed by atoms with van der Waals surface area (Å²) in [5.41, 5.74) is 4.28. The second-order valence-corrected chi connectivity index (χ2v) is 23.7. The molecule has 0 saturated carbocycles. The second kappa shape index (κ2) is 38.4. The number of nitrogens with one attached hydrogen (secondary N) is 4. The average molecular weight is 1330 g/mol. The zero-order valence-corrected chi connectivity index (χ0v) is 55.6. The molecule has 0 unspecified atom stereocenters. The third-order valence-electron chi connectivity index (χ3n) is 15.9. The van der Waals surface area contributed by atoms with Crippen LogP contribution in [0.15, 0.2) is 191 Å². The molecule has 2 heterocycles. The number of rotatable bonds is 42. The van der Waals surface area contributed by atoms with Crippen LogP contribution in [0.5, 0.6) is 23.0 Å². The number of carbonyl (C=O) groups is 6. The molecular formula is C74H85N6O15P. The van der Waals surface area contributed by atoms with Crippen LogP contribution >= 0.6 is 8.25 Å². The molecule has 22 heteroatoms. The topological polar surface area (TPSA) is 256 Å². The number of ether oxygens (including phenoxy) is 2. The van der Waals surface area contributed by atoms with E-state index in [0.29, 0.717) is 61.1 Å². The molecule has 6 aromatic carbocycles. The first-order chi connectivity index (χ1) is 46.9. The monoisotopic (exact) mass is 1330 g/mol. The van der Waals surface area contributed by atoms with E-state index in [1.807, 2.05) is 135 Å². The van der Waals surface area contributed by atoms with Crippen LogP contribution < -0.4 is 39.8 Å². The van der Waals surface area contributed by atoms with Gasteiger partial charge in [-0.3, -0.25) is 38.4 Å². The molecule has 0 aliphatic rings. The van der Waals surface area contributed by atoms with Crippen molar-refractivity contribution < 1.29 is 70.4 Å². The highest BCUT2D eigenvalue weighted by Crippen LogP contribution is 2.40. The molecule has 8 rings (SSSR count). The van der Waals surface area contributed by atoms with Crippen molar-refractivity contribution in [3.8, 4) is 45.6 Å². The zero-order valence-electron chi connectivity index (χ0n) is 54.6. The molecule has 0 radical (unpaired) electrons. The predicted octanol–water partition coefficient (Wildman–Crippen LogP) is 13.9. The quantitative estimate of drug-likeness (QED) is 0.00912. The van der Waals surface area contributed by atoms with E-state index in [2.05, 4.69) is 35.1 Å². The van der Waals surface area contributed by atoms with Crippen molar-refractivity contribution in [1.29, 1.82) is 0 Å². The van der Waals surface area contributed by atoms with Gasteiger partial charge in [-0.05, 0) is 96.5 Å². The number of carbonyl (C=O) groups excluding carboxylic acids is 6. The van der Waals surface area contributed by atoms with Gasteiger partial charge in [0.15, 0.2) is 11.5 Å². The van der Waals surface area contributed by atoms with Crippen LogP contribution in [0.2, 0.25) is 0 Å². The molecule has 506 valence electrons. The molecule has 0 bridgehead atoms.